The quantitative estimate of drug-likeness (QED) is 0.875. The van der Waals surface area contributed by atoms with E-state index in [1.165, 1.54) is 0 Å². The summed E-state index contributed by atoms with van der Waals surface area (Å²) in [6.45, 7) is 5.59. The molecule has 1 atom stereocenters. The van der Waals surface area contributed by atoms with Crippen LogP contribution in [-0.4, -0.2) is 18.2 Å². The average Bonchev–Trinajstić information content (AvgIpc) is 2.58. The molecule has 0 fully saturated rings. The molecule has 1 aromatic heterocycles. The Kier molecular flexibility index (Phi) is 4.42. The minimum Gasteiger partial charge on any atom is -0.448 e. The number of carbonyl (C=O) groups excluding carboxylic acids is 1. The summed E-state index contributed by atoms with van der Waals surface area (Å²) in [5, 5.41) is 2.83. The zero-order valence-corrected chi connectivity index (χ0v) is 10.9. The summed E-state index contributed by atoms with van der Waals surface area (Å²) in [6.07, 6.45) is -0.509. The molecule has 0 spiro atoms. The highest BCUT2D eigenvalue weighted by Crippen LogP contribution is 2.17. The second-order valence-electron chi connectivity index (χ2n) is 4.63. The van der Waals surface area contributed by atoms with E-state index in [1.807, 2.05) is 0 Å². The molecule has 1 amide bonds. The van der Waals surface area contributed by atoms with Gasteiger partial charge < -0.3 is 20.2 Å². The molecule has 1 unspecified atom stereocenters. The van der Waals surface area contributed by atoms with Crippen molar-refractivity contribution in [3.63, 3.8) is 0 Å². The van der Waals surface area contributed by atoms with Crippen LogP contribution in [0, 0.1) is 0 Å². The van der Waals surface area contributed by atoms with Gasteiger partial charge in [-0.15, -0.1) is 0 Å². The number of hydrogen-bond donors (Lipinski definition) is 2. The minimum atomic E-state index is -0.526. The fourth-order valence-corrected chi connectivity index (χ4v) is 1.29. The van der Waals surface area contributed by atoms with Crippen LogP contribution >= 0.6 is 11.6 Å². The molecule has 96 valence electrons. The molecule has 6 heteroatoms. The van der Waals surface area contributed by atoms with Gasteiger partial charge in [0.15, 0.2) is 5.22 Å². The maximum atomic E-state index is 11.4. The van der Waals surface area contributed by atoms with E-state index in [-0.39, 0.29) is 11.8 Å². The Bertz CT molecular complexity index is 384. The molecule has 0 aliphatic heterocycles. The van der Waals surface area contributed by atoms with E-state index < -0.39 is 17.7 Å². The number of rotatable bonds is 3. The predicted molar refractivity (Wildman–Crippen MR) is 64.9 cm³/mol. The van der Waals surface area contributed by atoms with Gasteiger partial charge in [0.25, 0.3) is 0 Å². The summed E-state index contributed by atoms with van der Waals surface area (Å²) in [6, 6.07) is 2.82. The molecule has 1 aromatic rings. The van der Waals surface area contributed by atoms with E-state index in [0.29, 0.717) is 5.76 Å². The van der Waals surface area contributed by atoms with E-state index in [1.54, 1.807) is 32.9 Å². The summed E-state index contributed by atoms with van der Waals surface area (Å²) in [5.74, 6) is 0.519. The van der Waals surface area contributed by atoms with E-state index in [0.717, 1.165) is 0 Å². The Morgan fingerprint density at radius 2 is 2.24 bits per heavy atom. The van der Waals surface area contributed by atoms with Crippen LogP contribution in [0.1, 0.15) is 32.6 Å². The molecule has 1 heterocycles. The highest BCUT2D eigenvalue weighted by Gasteiger charge is 2.17. The molecule has 0 aliphatic rings. The first kappa shape index (κ1) is 13.9. The number of hydrogen-bond acceptors (Lipinski definition) is 4. The minimum absolute atomic E-state index is 0.221. The molecule has 0 saturated heterocycles. The topological polar surface area (TPSA) is 77.5 Å². The van der Waals surface area contributed by atoms with Crippen molar-refractivity contribution >= 4 is 17.7 Å². The largest absolute Gasteiger partial charge is 0.448 e. The second kappa shape index (κ2) is 5.42. The van der Waals surface area contributed by atoms with Gasteiger partial charge in [0, 0.05) is 6.54 Å². The smallest absolute Gasteiger partial charge is 0.407 e. The maximum absolute atomic E-state index is 11.4. The van der Waals surface area contributed by atoms with E-state index >= 15 is 0 Å². The van der Waals surface area contributed by atoms with Crippen molar-refractivity contribution in [2.45, 2.75) is 32.4 Å². The van der Waals surface area contributed by atoms with Gasteiger partial charge in [-0.3, -0.25) is 0 Å². The Morgan fingerprint density at radius 1 is 1.59 bits per heavy atom. The molecular formula is C11H17ClN2O3. The summed E-state index contributed by atoms with van der Waals surface area (Å²) in [4.78, 5) is 11.4. The summed E-state index contributed by atoms with van der Waals surface area (Å²) in [7, 11) is 0. The van der Waals surface area contributed by atoms with Crippen LogP contribution in [0.25, 0.3) is 0 Å². The lowest BCUT2D eigenvalue weighted by atomic mass is 10.2. The first-order chi connectivity index (χ1) is 7.78. The standard InChI is InChI=1S/C11H17ClN2O3/c1-11(2,3)17-10(15)14-6-7(13)8-4-5-9(12)16-8/h4-5,7H,6,13H2,1-3H3,(H,14,15). The molecule has 3 N–H and O–H groups in total. The van der Waals surface area contributed by atoms with Gasteiger partial charge in [-0.2, -0.15) is 0 Å². The zero-order chi connectivity index (χ0) is 13.1. The van der Waals surface area contributed by atoms with Gasteiger partial charge in [-0.05, 0) is 44.5 Å². The van der Waals surface area contributed by atoms with Crippen molar-refractivity contribution in [1.29, 1.82) is 0 Å². The molecule has 0 aromatic carbocycles. The highest BCUT2D eigenvalue weighted by atomic mass is 35.5. The molecule has 0 saturated carbocycles. The molecule has 5 nitrogen and oxygen atoms in total. The fourth-order valence-electron chi connectivity index (χ4n) is 1.14. The van der Waals surface area contributed by atoms with Gasteiger partial charge in [0.05, 0.1) is 6.04 Å². The second-order valence-corrected chi connectivity index (χ2v) is 5.00. The lowest BCUT2D eigenvalue weighted by Crippen LogP contribution is -2.36. The average molecular weight is 261 g/mol. The highest BCUT2D eigenvalue weighted by molar-refractivity contribution is 6.28. The zero-order valence-electron chi connectivity index (χ0n) is 10.1. The lowest BCUT2D eigenvalue weighted by molar-refractivity contribution is 0.0523. The Hall–Kier alpha value is -1.20. The van der Waals surface area contributed by atoms with Crippen molar-refractivity contribution in [3.8, 4) is 0 Å². The molecule has 0 radical (unpaired) electrons. The summed E-state index contributed by atoms with van der Waals surface area (Å²) < 4.78 is 10.2. The monoisotopic (exact) mass is 260 g/mol. The van der Waals surface area contributed by atoms with Crippen LogP contribution in [0.2, 0.25) is 5.22 Å². The van der Waals surface area contributed by atoms with Crippen molar-refractivity contribution in [2.75, 3.05) is 6.54 Å². The third kappa shape index (κ3) is 5.10. The van der Waals surface area contributed by atoms with Gasteiger partial charge in [0.1, 0.15) is 11.4 Å². The predicted octanol–water partition coefficient (Wildman–Crippen LogP) is 2.46. The summed E-state index contributed by atoms with van der Waals surface area (Å²) in [5.41, 5.74) is 5.27. The van der Waals surface area contributed by atoms with Crippen molar-refractivity contribution in [2.24, 2.45) is 5.73 Å². The number of nitrogens with one attached hydrogen (secondary N) is 1. The molecule has 1 rings (SSSR count). The van der Waals surface area contributed by atoms with Crippen LogP contribution < -0.4 is 11.1 Å². The van der Waals surface area contributed by atoms with E-state index in [2.05, 4.69) is 5.32 Å². The first-order valence-corrected chi connectivity index (χ1v) is 5.63. The van der Waals surface area contributed by atoms with Crippen molar-refractivity contribution in [1.82, 2.24) is 5.32 Å². The van der Waals surface area contributed by atoms with Crippen LogP contribution in [0.15, 0.2) is 16.5 Å². The third-order valence-electron chi connectivity index (χ3n) is 1.82. The molecule has 17 heavy (non-hydrogen) atoms. The van der Waals surface area contributed by atoms with Crippen LogP contribution in [0.4, 0.5) is 4.79 Å². The Labute approximate surface area is 105 Å². The van der Waals surface area contributed by atoms with Gasteiger partial charge in [-0.25, -0.2) is 4.79 Å². The van der Waals surface area contributed by atoms with E-state index in [4.69, 9.17) is 26.5 Å². The van der Waals surface area contributed by atoms with E-state index in [9.17, 15) is 4.79 Å². The number of furan rings is 1. The summed E-state index contributed by atoms with van der Waals surface area (Å²) >= 11 is 5.62. The number of nitrogens with two attached hydrogens (primary N) is 1. The van der Waals surface area contributed by atoms with Gasteiger partial charge >= 0.3 is 6.09 Å². The number of ether oxygens (including phenoxy) is 1. The van der Waals surface area contributed by atoms with Crippen molar-refractivity contribution < 1.29 is 13.9 Å². The van der Waals surface area contributed by atoms with Crippen LogP contribution in [0.3, 0.4) is 0 Å². The SMILES string of the molecule is CC(C)(C)OC(=O)NCC(N)c1ccc(Cl)o1. The number of carbonyl (C=O) groups is 1. The first-order valence-electron chi connectivity index (χ1n) is 5.25. The molecule has 0 bridgehead atoms. The van der Waals surface area contributed by atoms with Crippen LogP contribution in [-0.2, 0) is 4.74 Å². The van der Waals surface area contributed by atoms with Crippen LogP contribution in [0.5, 0.6) is 0 Å². The Balaban J connectivity index is 2.38. The van der Waals surface area contributed by atoms with Gasteiger partial charge in [-0.1, -0.05) is 0 Å². The van der Waals surface area contributed by atoms with Gasteiger partial charge in [0.2, 0.25) is 0 Å². The number of amides is 1. The lowest BCUT2D eigenvalue weighted by Gasteiger charge is -2.20. The Morgan fingerprint density at radius 3 is 2.71 bits per heavy atom. The molecule has 0 aliphatic carbocycles. The normalized spacial score (nSPS) is 13.2. The fraction of sp³-hybridized carbons (Fsp3) is 0.545. The third-order valence-corrected chi connectivity index (χ3v) is 2.03. The maximum Gasteiger partial charge on any atom is 0.407 e. The number of halogens is 1. The van der Waals surface area contributed by atoms with Crippen molar-refractivity contribution in [3.05, 3.63) is 23.1 Å². The number of alkyl carbamates (subject to hydrolysis) is 1. The molecular weight excluding hydrogens is 244 g/mol.